The predicted octanol–water partition coefficient (Wildman–Crippen LogP) is 1.38. The molecule has 1 aromatic rings. The molecule has 32 heavy (non-hydrogen) atoms. The Morgan fingerprint density at radius 3 is 2.12 bits per heavy atom. The molecule has 0 saturated carbocycles. The fraction of sp³-hybridized carbons (Fsp3) is 0.550. The summed E-state index contributed by atoms with van der Waals surface area (Å²) in [6.45, 7) is 1.12. The third-order valence-corrected chi connectivity index (χ3v) is 4.59. The molecule has 12 heteroatoms. The largest absolute Gasteiger partial charge is 0.497 e. The molecular weight excluding hydrogens is 437 g/mol. The lowest BCUT2D eigenvalue weighted by Gasteiger charge is -2.33. The molecule has 180 valence electrons. The van der Waals surface area contributed by atoms with E-state index >= 15 is 0 Å². The highest BCUT2D eigenvalue weighted by atomic mass is 19.4. The van der Waals surface area contributed by atoms with Gasteiger partial charge in [0.15, 0.2) is 0 Å². The first kappa shape index (κ1) is 27.2. The number of carboxylic acids is 1. The molecule has 1 saturated heterocycles. The number of alkyl halides is 3. The van der Waals surface area contributed by atoms with Gasteiger partial charge in [0.1, 0.15) is 12.4 Å². The van der Waals surface area contributed by atoms with E-state index in [9.17, 15) is 22.8 Å². The van der Waals surface area contributed by atoms with Crippen molar-refractivity contribution in [3.63, 3.8) is 0 Å². The number of likely N-dealkylation sites (tertiary alicyclic amines) is 1. The van der Waals surface area contributed by atoms with Gasteiger partial charge in [-0.2, -0.15) is 13.2 Å². The van der Waals surface area contributed by atoms with Gasteiger partial charge >= 0.3 is 18.1 Å². The predicted molar refractivity (Wildman–Crippen MR) is 106 cm³/mol. The van der Waals surface area contributed by atoms with Gasteiger partial charge in [0.25, 0.3) is 0 Å². The smallest absolute Gasteiger partial charge is 0.490 e. The Morgan fingerprint density at radius 1 is 1.16 bits per heavy atom. The van der Waals surface area contributed by atoms with Gasteiger partial charge in [0.05, 0.1) is 26.4 Å². The Balaban J connectivity index is 0.000000633. The number of amides is 1. The molecule has 1 aromatic carbocycles. The van der Waals surface area contributed by atoms with E-state index in [1.54, 1.807) is 12.0 Å². The first-order valence-corrected chi connectivity index (χ1v) is 9.63. The maximum atomic E-state index is 12.5. The Bertz CT molecular complexity index is 749. The molecule has 1 fully saturated rings. The quantitative estimate of drug-likeness (QED) is 0.580. The number of carbonyl (C=O) groups excluding carboxylic acids is 2. The number of methoxy groups -OCH3 is 2. The van der Waals surface area contributed by atoms with Crippen molar-refractivity contribution < 1.29 is 46.9 Å². The molecule has 0 bridgehead atoms. The van der Waals surface area contributed by atoms with Crippen LogP contribution in [0.2, 0.25) is 0 Å². The monoisotopic (exact) mass is 464 g/mol. The van der Waals surface area contributed by atoms with Crippen LogP contribution in [0, 0.1) is 0 Å². The van der Waals surface area contributed by atoms with E-state index in [-0.39, 0.29) is 24.6 Å². The van der Waals surface area contributed by atoms with Crippen LogP contribution in [0.25, 0.3) is 0 Å². The SMILES string of the molecule is COC(=O)COC1CCN(C(=O)[C@@H](N)Cc2ccc(OC)cc2)CC1.O=C(O)C(F)(F)F. The number of rotatable bonds is 7. The maximum absolute atomic E-state index is 12.5. The molecule has 0 aliphatic carbocycles. The second kappa shape index (κ2) is 12.9. The molecule has 1 atom stereocenters. The lowest BCUT2D eigenvalue weighted by molar-refractivity contribution is -0.192. The molecule has 1 aliphatic rings. The van der Waals surface area contributed by atoms with Crippen LogP contribution in [0.5, 0.6) is 5.75 Å². The van der Waals surface area contributed by atoms with Gasteiger partial charge in [-0.1, -0.05) is 12.1 Å². The zero-order valence-corrected chi connectivity index (χ0v) is 17.8. The Labute approximate surface area is 183 Å². The molecule has 0 radical (unpaired) electrons. The van der Waals surface area contributed by atoms with Gasteiger partial charge in [-0.25, -0.2) is 9.59 Å². The number of aliphatic carboxylic acids is 1. The van der Waals surface area contributed by atoms with Crippen LogP contribution in [0.15, 0.2) is 24.3 Å². The summed E-state index contributed by atoms with van der Waals surface area (Å²) in [5.74, 6) is -2.42. The molecule has 0 aromatic heterocycles. The minimum Gasteiger partial charge on any atom is -0.497 e. The fourth-order valence-corrected chi connectivity index (χ4v) is 2.83. The molecule has 3 N–H and O–H groups in total. The summed E-state index contributed by atoms with van der Waals surface area (Å²) in [5.41, 5.74) is 7.08. The lowest BCUT2D eigenvalue weighted by Crippen LogP contribution is -2.49. The van der Waals surface area contributed by atoms with E-state index in [2.05, 4.69) is 4.74 Å². The third kappa shape index (κ3) is 9.52. The molecule has 2 rings (SSSR count). The first-order chi connectivity index (χ1) is 15.0. The van der Waals surface area contributed by atoms with E-state index in [0.717, 1.165) is 11.3 Å². The highest BCUT2D eigenvalue weighted by Gasteiger charge is 2.38. The summed E-state index contributed by atoms with van der Waals surface area (Å²) in [4.78, 5) is 34.3. The first-order valence-electron chi connectivity index (χ1n) is 9.63. The molecule has 1 amide bonds. The standard InChI is InChI=1S/C18H26N2O5.C2HF3O2/c1-23-14-5-3-13(4-6-14)11-16(19)18(22)20-9-7-15(8-10-20)25-12-17(21)24-2;3-2(4,5)1(6)7/h3-6,15-16H,7-12,19H2,1-2H3;(H,6,7)/t16-;/m0./s1. The van der Waals surface area contributed by atoms with Crippen molar-refractivity contribution in [1.82, 2.24) is 4.90 Å². The van der Waals surface area contributed by atoms with E-state index in [0.29, 0.717) is 32.4 Å². The minimum atomic E-state index is -5.08. The van der Waals surface area contributed by atoms with Crippen LogP contribution in [0.4, 0.5) is 13.2 Å². The fourth-order valence-electron chi connectivity index (χ4n) is 2.83. The van der Waals surface area contributed by atoms with E-state index in [4.69, 9.17) is 25.1 Å². The Kier molecular flexibility index (Phi) is 10.9. The Morgan fingerprint density at radius 2 is 1.69 bits per heavy atom. The maximum Gasteiger partial charge on any atom is 0.490 e. The number of carboxylic acid groups (broad SMARTS) is 1. The van der Waals surface area contributed by atoms with Crippen molar-refractivity contribution in [1.29, 1.82) is 0 Å². The van der Waals surface area contributed by atoms with Crippen molar-refractivity contribution >= 4 is 17.8 Å². The average molecular weight is 464 g/mol. The van der Waals surface area contributed by atoms with Gasteiger partial charge in [-0.3, -0.25) is 4.79 Å². The highest BCUT2D eigenvalue weighted by Crippen LogP contribution is 2.17. The summed E-state index contributed by atoms with van der Waals surface area (Å²) in [7, 11) is 2.94. The molecule has 1 aliphatic heterocycles. The number of nitrogens with two attached hydrogens (primary N) is 1. The van der Waals surface area contributed by atoms with E-state index < -0.39 is 18.2 Å². The summed E-state index contributed by atoms with van der Waals surface area (Å²) in [6, 6.07) is 6.98. The van der Waals surface area contributed by atoms with Crippen LogP contribution in [-0.2, 0) is 30.3 Å². The van der Waals surface area contributed by atoms with Gasteiger partial charge < -0.3 is 30.0 Å². The number of hydrogen-bond acceptors (Lipinski definition) is 7. The second-order valence-electron chi connectivity index (χ2n) is 6.87. The average Bonchev–Trinajstić information content (AvgIpc) is 2.77. The normalized spacial score (nSPS) is 15.2. The number of halogens is 3. The molecule has 0 spiro atoms. The van der Waals surface area contributed by atoms with Gasteiger partial charge in [-0.15, -0.1) is 0 Å². The van der Waals surface area contributed by atoms with Crippen molar-refractivity contribution in [2.75, 3.05) is 33.9 Å². The third-order valence-electron chi connectivity index (χ3n) is 4.59. The zero-order valence-electron chi connectivity index (χ0n) is 17.8. The number of carbonyl (C=O) groups is 3. The van der Waals surface area contributed by atoms with Gasteiger partial charge in [0.2, 0.25) is 5.91 Å². The van der Waals surface area contributed by atoms with Crippen LogP contribution in [0.1, 0.15) is 18.4 Å². The topological polar surface area (TPSA) is 128 Å². The van der Waals surface area contributed by atoms with Crippen molar-refractivity contribution in [3.05, 3.63) is 29.8 Å². The van der Waals surface area contributed by atoms with Crippen molar-refractivity contribution in [2.45, 2.75) is 37.6 Å². The van der Waals surface area contributed by atoms with Crippen LogP contribution < -0.4 is 10.5 Å². The van der Waals surface area contributed by atoms with Crippen molar-refractivity contribution in [2.24, 2.45) is 5.73 Å². The number of benzene rings is 1. The van der Waals surface area contributed by atoms with Crippen LogP contribution in [0.3, 0.4) is 0 Å². The summed E-state index contributed by atoms with van der Waals surface area (Å²) < 4.78 is 46.9. The Hall–Kier alpha value is -2.86. The summed E-state index contributed by atoms with van der Waals surface area (Å²) in [5, 5.41) is 7.12. The number of ether oxygens (including phenoxy) is 3. The van der Waals surface area contributed by atoms with Gasteiger partial charge in [0, 0.05) is 13.1 Å². The van der Waals surface area contributed by atoms with Gasteiger partial charge in [-0.05, 0) is 37.0 Å². The minimum absolute atomic E-state index is 0.0269. The second-order valence-corrected chi connectivity index (χ2v) is 6.87. The summed E-state index contributed by atoms with van der Waals surface area (Å²) in [6.07, 6.45) is -3.24. The molecule has 0 unspecified atom stereocenters. The van der Waals surface area contributed by atoms with E-state index in [1.807, 2.05) is 24.3 Å². The molecular formula is C20H27F3N2O7. The molecule has 1 heterocycles. The number of nitrogens with zero attached hydrogens (tertiary/aromatic N) is 1. The van der Waals surface area contributed by atoms with E-state index in [1.165, 1.54) is 7.11 Å². The highest BCUT2D eigenvalue weighted by molar-refractivity contribution is 5.82. The number of esters is 1. The molecule has 9 nitrogen and oxygen atoms in total. The van der Waals surface area contributed by atoms with Crippen LogP contribution >= 0.6 is 0 Å². The zero-order chi connectivity index (χ0) is 24.3. The van der Waals surface area contributed by atoms with Crippen molar-refractivity contribution in [3.8, 4) is 5.75 Å². The number of hydrogen-bond donors (Lipinski definition) is 2. The van der Waals surface area contributed by atoms with Crippen LogP contribution in [-0.4, -0.2) is 80.1 Å². The number of piperidine rings is 1. The lowest BCUT2D eigenvalue weighted by atomic mass is 10.0. The summed E-state index contributed by atoms with van der Waals surface area (Å²) >= 11 is 0.